The van der Waals surface area contributed by atoms with Gasteiger partial charge in [0.05, 0.1) is 0 Å². The summed E-state index contributed by atoms with van der Waals surface area (Å²) in [6, 6.07) is 12.7. The van der Waals surface area contributed by atoms with Crippen LogP contribution in [0.1, 0.15) is 0 Å². The molecule has 0 spiro atoms. The topological polar surface area (TPSA) is 12.0 Å². The summed E-state index contributed by atoms with van der Waals surface area (Å²) >= 11 is 17.7. The smallest absolute Gasteiger partial charge is 0.0441 e. The Morgan fingerprint density at radius 2 is 1.31 bits per heavy atom. The maximum absolute atomic E-state index is 5.90. The predicted octanol–water partition coefficient (Wildman–Crippen LogP) is 5.39. The number of halogens is 3. The summed E-state index contributed by atoms with van der Waals surface area (Å²) < 4.78 is 0. The molecule has 0 unspecified atom stereocenters. The minimum absolute atomic E-state index is 0.594. The zero-order valence-electron chi connectivity index (χ0n) is 8.18. The lowest BCUT2D eigenvalue weighted by Crippen LogP contribution is -1.89. The van der Waals surface area contributed by atoms with Gasteiger partial charge >= 0.3 is 0 Å². The summed E-state index contributed by atoms with van der Waals surface area (Å²) in [5.74, 6) is 0. The van der Waals surface area contributed by atoms with Gasteiger partial charge in [-0.1, -0.05) is 40.9 Å². The molecule has 2 aromatic rings. The van der Waals surface area contributed by atoms with E-state index in [0.29, 0.717) is 15.1 Å². The monoisotopic (exact) mass is 271 g/mol. The first-order chi connectivity index (χ1) is 7.63. The zero-order valence-corrected chi connectivity index (χ0v) is 10.4. The zero-order chi connectivity index (χ0) is 11.5. The molecule has 0 saturated heterocycles. The molecule has 0 aliphatic rings. The number of hydrogen-bond acceptors (Lipinski definition) is 1. The average Bonchev–Trinajstić information content (AvgIpc) is 2.15. The van der Waals surface area contributed by atoms with Crippen molar-refractivity contribution in [2.24, 2.45) is 0 Å². The van der Waals surface area contributed by atoms with Crippen LogP contribution in [0.3, 0.4) is 0 Å². The van der Waals surface area contributed by atoms with Crippen LogP contribution in [0.2, 0.25) is 15.1 Å². The lowest BCUT2D eigenvalue weighted by atomic mass is 10.2. The quantitative estimate of drug-likeness (QED) is 0.773. The fourth-order valence-corrected chi connectivity index (χ4v) is 2.08. The molecule has 0 saturated carbocycles. The Bertz CT molecular complexity index is 491. The summed E-state index contributed by atoms with van der Waals surface area (Å²) in [6.07, 6.45) is 0. The molecule has 0 aromatic heterocycles. The van der Waals surface area contributed by atoms with Crippen LogP contribution in [0.4, 0.5) is 11.4 Å². The highest BCUT2D eigenvalue weighted by atomic mass is 35.5. The van der Waals surface area contributed by atoms with Gasteiger partial charge in [-0.05, 0) is 36.4 Å². The summed E-state index contributed by atoms with van der Waals surface area (Å²) in [4.78, 5) is 0. The van der Waals surface area contributed by atoms with Crippen LogP contribution in [0, 0.1) is 0 Å². The van der Waals surface area contributed by atoms with E-state index in [4.69, 9.17) is 34.8 Å². The Kier molecular flexibility index (Phi) is 3.59. The van der Waals surface area contributed by atoms with E-state index in [1.165, 1.54) is 0 Å². The van der Waals surface area contributed by atoms with Gasteiger partial charge in [-0.3, -0.25) is 0 Å². The van der Waals surface area contributed by atoms with Crippen molar-refractivity contribution in [2.45, 2.75) is 0 Å². The molecular formula is C12H8Cl3N. The van der Waals surface area contributed by atoms with Crippen LogP contribution in [0.25, 0.3) is 0 Å². The maximum Gasteiger partial charge on any atom is 0.0441 e. The second-order valence-corrected chi connectivity index (χ2v) is 4.60. The van der Waals surface area contributed by atoms with Crippen LogP contribution in [0.5, 0.6) is 0 Å². The van der Waals surface area contributed by atoms with Gasteiger partial charge in [0.2, 0.25) is 0 Å². The normalized spacial score (nSPS) is 10.2. The Balaban J connectivity index is 2.27. The summed E-state index contributed by atoms with van der Waals surface area (Å²) in [6.45, 7) is 0. The van der Waals surface area contributed by atoms with Gasteiger partial charge in [-0.25, -0.2) is 0 Å². The number of hydrogen-bond donors (Lipinski definition) is 1. The van der Waals surface area contributed by atoms with Gasteiger partial charge in [-0.15, -0.1) is 0 Å². The van der Waals surface area contributed by atoms with E-state index < -0.39 is 0 Å². The second-order valence-electron chi connectivity index (χ2n) is 3.29. The number of anilines is 2. The third-order valence-electron chi connectivity index (χ3n) is 1.98. The molecule has 0 aliphatic carbocycles. The minimum Gasteiger partial charge on any atom is -0.355 e. The summed E-state index contributed by atoms with van der Waals surface area (Å²) in [5.41, 5.74) is 1.73. The van der Waals surface area contributed by atoms with E-state index in [1.807, 2.05) is 24.3 Å². The van der Waals surface area contributed by atoms with E-state index in [9.17, 15) is 0 Å². The fraction of sp³-hybridized carbons (Fsp3) is 0. The van der Waals surface area contributed by atoms with Crippen LogP contribution in [-0.4, -0.2) is 0 Å². The number of nitrogens with one attached hydrogen (secondary N) is 1. The molecule has 0 radical (unpaired) electrons. The van der Waals surface area contributed by atoms with Gasteiger partial charge < -0.3 is 5.32 Å². The first kappa shape index (κ1) is 11.6. The van der Waals surface area contributed by atoms with Crippen LogP contribution in [0.15, 0.2) is 42.5 Å². The third kappa shape index (κ3) is 3.05. The Labute approximate surface area is 109 Å². The van der Waals surface area contributed by atoms with Crippen LogP contribution < -0.4 is 5.32 Å². The van der Waals surface area contributed by atoms with E-state index in [2.05, 4.69) is 5.32 Å². The standard InChI is InChI=1S/C12H8Cl3N/c13-8-2-1-3-11(5-8)16-12-6-9(14)4-10(15)7-12/h1-7,16H. The first-order valence-corrected chi connectivity index (χ1v) is 5.75. The maximum atomic E-state index is 5.90. The van der Waals surface area contributed by atoms with Gasteiger partial charge in [0.25, 0.3) is 0 Å². The molecule has 2 rings (SSSR count). The molecule has 1 N–H and O–H groups in total. The largest absolute Gasteiger partial charge is 0.355 e. The van der Waals surface area contributed by atoms with Crippen molar-refractivity contribution in [3.63, 3.8) is 0 Å². The molecule has 2 aromatic carbocycles. The predicted molar refractivity (Wildman–Crippen MR) is 71.2 cm³/mol. The lowest BCUT2D eigenvalue weighted by molar-refractivity contribution is 1.55. The Hall–Kier alpha value is -0.890. The molecule has 4 heteroatoms. The van der Waals surface area contributed by atoms with Gasteiger partial charge in [0.15, 0.2) is 0 Å². The van der Waals surface area contributed by atoms with Gasteiger partial charge in [0, 0.05) is 26.4 Å². The van der Waals surface area contributed by atoms with Crippen LogP contribution in [-0.2, 0) is 0 Å². The van der Waals surface area contributed by atoms with Crippen molar-refractivity contribution in [3.05, 3.63) is 57.5 Å². The molecule has 16 heavy (non-hydrogen) atoms. The highest BCUT2D eigenvalue weighted by Crippen LogP contribution is 2.26. The van der Waals surface area contributed by atoms with E-state index >= 15 is 0 Å². The molecule has 1 nitrogen and oxygen atoms in total. The minimum atomic E-state index is 0.594. The molecule has 0 bridgehead atoms. The number of benzene rings is 2. The SMILES string of the molecule is Clc1cccc(Nc2cc(Cl)cc(Cl)c2)c1. The van der Waals surface area contributed by atoms with E-state index in [-0.39, 0.29) is 0 Å². The van der Waals surface area contributed by atoms with Gasteiger partial charge in [0.1, 0.15) is 0 Å². The lowest BCUT2D eigenvalue weighted by Gasteiger charge is -2.07. The molecular weight excluding hydrogens is 264 g/mol. The van der Waals surface area contributed by atoms with Crippen molar-refractivity contribution in [1.29, 1.82) is 0 Å². The third-order valence-corrected chi connectivity index (χ3v) is 2.65. The summed E-state index contributed by atoms with van der Waals surface area (Å²) in [7, 11) is 0. The highest BCUT2D eigenvalue weighted by molar-refractivity contribution is 6.35. The van der Waals surface area contributed by atoms with E-state index in [1.54, 1.807) is 18.2 Å². The summed E-state index contributed by atoms with van der Waals surface area (Å²) in [5, 5.41) is 5.04. The van der Waals surface area contributed by atoms with Crippen molar-refractivity contribution in [1.82, 2.24) is 0 Å². The molecule has 0 atom stereocenters. The van der Waals surface area contributed by atoms with Crippen molar-refractivity contribution in [3.8, 4) is 0 Å². The first-order valence-electron chi connectivity index (χ1n) is 4.62. The molecule has 0 heterocycles. The van der Waals surface area contributed by atoms with E-state index in [0.717, 1.165) is 11.4 Å². The average molecular weight is 273 g/mol. The van der Waals surface area contributed by atoms with Crippen molar-refractivity contribution < 1.29 is 0 Å². The fourth-order valence-electron chi connectivity index (χ4n) is 1.36. The molecule has 0 fully saturated rings. The Morgan fingerprint density at radius 1 is 0.688 bits per heavy atom. The molecule has 0 amide bonds. The number of rotatable bonds is 2. The van der Waals surface area contributed by atoms with Crippen molar-refractivity contribution in [2.75, 3.05) is 5.32 Å². The molecule has 0 aliphatic heterocycles. The van der Waals surface area contributed by atoms with Gasteiger partial charge in [-0.2, -0.15) is 0 Å². The second kappa shape index (κ2) is 4.96. The highest BCUT2D eigenvalue weighted by Gasteiger charge is 1.99. The Morgan fingerprint density at radius 3 is 1.94 bits per heavy atom. The molecule has 82 valence electrons. The van der Waals surface area contributed by atoms with Crippen LogP contribution >= 0.6 is 34.8 Å². The van der Waals surface area contributed by atoms with Crippen molar-refractivity contribution >= 4 is 46.2 Å².